The van der Waals surface area contributed by atoms with E-state index < -0.39 is 16.7 Å². The molecule has 0 spiro atoms. The summed E-state index contributed by atoms with van der Waals surface area (Å²) in [5.74, 6) is -0.861. The minimum absolute atomic E-state index is 0.0267. The van der Waals surface area contributed by atoms with Crippen LogP contribution in [0.15, 0.2) is 16.5 Å². The molecule has 6 nitrogen and oxygen atoms in total. The predicted octanol–water partition coefficient (Wildman–Crippen LogP) is 2.13. The van der Waals surface area contributed by atoms with Crippen molar-refractivity contribution in [1.29, 1.82) is 0 Å². The topological polar surface area (TPSA) is 85.4 Å². The Bertz CT molecular complexity index is 377. The van der Waals surface area contributed by atoms with Gasteiger partial charge in [0.25, 0.3) is 5.91 Å². The van der Waals surface area contributed by atoms with Crippen molar-refractivity contribution in [2.75, 3.05) is 11.0 Å². The molecule has 0 aliphatic carbocycles. The Labute approximate surface area is 106 Å². The average molecular weight is 338 g/mol. The summed E-state index contributed by atoms with van der Waals surface area (Å²) in [6.45, 7) is 0.552. The first-order chi connectivity index (χ1) is 7.65. The Hall–Kier alpha value is -1.12. The molecule has 0 saturated heterocycles. The summed E-state index contributed by atoms with van der Waals surface area (Å²) in [5.41, 5.74) is 0. The smallest absolute Gasteiger partial charge is 0.395 e. The molecule has 1 amide bonds. The van der Waals surface area contributed by atoms with Crippen molar-refractivity contribution in [3.63, 3.8) is 0 Å². The van der Waals surface area contributed by atoms with Crippen LogP contribution in [0.1, 0.15) is 23.4 Å². The highest BCUT2D eigenvalue weighted by Crippen LogP contribution is 2.15. The van der Waals surface area contributed by atoms with Crippen LogP contribution < -0.4 is 5.32 Å². The van der Waals surface area contributed by atoms with Crippen molar-refractivity contribution >= 4 is 34.4 Å². The van der Waals surface area contributed by atoms with Crippen molar-refractivity contribution in [2.24, 2.45) is 0 Å². The summed E-state index contributed by atoms with van der Waals surface area (Å²) in [5, 5.41) is 12.9. The van der Waals surface area contributed by atoms with Crippen LogP contribution in [0, 0.1) is 10.1 Å². The zero-order valence-electron chi connectivity index (χ0n) is 8.44. The summed E-state index contributed by atoms with van der Waals surface area (Å²) in [7, 11) is 0. The van der Waals surface area contributed by atoms with Crippen LogP contribution in [0.2, 0.25) is 0 Å². The largest absolute Gasteiger partial charge is 0.433 e. The van der Waals surface area contributed by atoms with Crippen molar-refractivity contribution in [1.82, 2.24) is 5.32 Å². The second-order valence-electron chi connectivity index (χ2n) is 3.05. The second-order valence-corrected chi connectivity index (χ2v) is 4.13. The van der Waals surface area contributed by atoms with Gasteiger partial charge in [0.1, 0.15) is 4.92 Å². The Morgan fingerprint density at radius 1 is 1.50 bits per heavy atom. The molecule has 1 rings (SSSR count). The zero-order chi connectivity index (χ0) is 12.0. The van der Waals surface area contributed by atoms with E-state index in [0.29, 0.717) is 6.54 Å². The number of hydrogen-bond acceptors (Lipinski definition) is 4. The van der Waals surface area contributed by atoms with Gasteiger partial charge in [0.15, 0.2) is 5.76 Å². The van der Waals surface area contributed by atoms with E-state index in [-0.39, 0.29) is 5.76 Å². The monoisotopic (exact) mass is 338 g/mol. The number of nitrogens with one attached hydrogen (secondary N) is 1. The lowest BCUT2D eigenvalue weighted by Gasteiger charge is -2.00. The third kappa shape index (κ3) is 3.80. The van der Waals surface area contributed by atoms with E-state index in [2.05, 4.69) is 27.9 Å². The maximum atomic E-state index is 11.4. The van der Waals surface area contributed by atoms with E-state index >= 15 is 0 Å². The van der Waals surface area contributed by atoms with E-state index in [1.807, 2.05) is 0 Å². The third-order valence-electron chi connectivity index (χ3n) is 1.84. The van der Waals surface area contributed by atoms with Gasteiger partial charge >= 0.3 is 5.88 Å². The SMILES string of the molecule is O=C(NCCCCI)c1ccc([N+](=O)[O-])o1. The van der Waals surface area contributed by atoms with Crippen LogP contribution in [0.3, 0.4) is 0 Å². The molecule has 0 bridgehead atoms. The number of halogens is 1. The van der Waals surface area contributed by atoms with Crippen LogP contribution >= 0.6 is 22.6 Å². The molecular formula is C9H11IN2O4. The highest BCUT2D eigenvalue weighted by atomic mass is 127. The molecule has 0 atom stereocenters. The maximum Gasteiger partial charge on any atom is 0.433 e. The van der Waals surface area contributed by atoms with Crippen LogP contribution in [-0.4, -0.2) is 21.8 Å². The first kappa shape index (κ1) is 12.9. The zero-order valence-corrected chi connectivity index (χ0v) is 10.6. The van der Waals surface area contributed by atoms with Gasteiger partial charge in [-0.1, -0.05) is 22.6 Å². The lowest BCUT2D eigenvalue weighted by atomic mass is 10.3. The summed E-state index contributed by atoms with van der Waals surface area (Å²) in [6.07, 6.45) is 1.91. The quantitative estimate of drug-likeness (QED) is 0.283. The Kier molecular flexibility index (Phi) is 5.23. The van der Waals surface area contributed by atoms with Gasteiger partial charge in [0.2, 0.25) is 0 Å². The predicted molar refractivity (Wildman–Crippen MR) is 65.8 cm³/mol. The number of nitrogens with zero attached hydrogens (tertiary/aromatic N) is 1. The molecule has 0 aromatic carbocycles. The lowest BCUT2D eigenvalue weighted by Crippen LogP contribution is -2.23. The summed E-state index contributed by atoms with van der Waals surface area (Å²) in [4.78, 5) is 21.1. The van der Waals surface area contributed by atoms with Crippen molar-refractivity contribution < 1.29 is 14.1 Å². The minimum atomic E-state index is -0.674. The first-order valence-corrected chi connectivity index (χ1v) is 6.26. The molecule has 88 valence electrons. The molecule has 7 heteroatoms. The van der Waals surface area contributed by atoms with Gasteiger partial charge in [-0.2, -0.15) is 0 Å². The molecule has 0 radical (unpaired) electrons. The fraction of sp³-hybridized carbons (Fsp3) is 0.444. The van der Waals surface area contributed by atoms with Gasteiger partial charge in [-0.3, -0.25) is 14.9 Å². The Morgan fingerprint density at radius 2 is 2.25 bits per heavy atom. The Balaban J connectivity index is 2.43. The van der Waals surface area contributed by atoms with Crippen molar-refractivity contribution in [2.45, 2.75) is 12.8 Å². The van der Waals surface area contributed by atoms with Crippen LogP contribution in [0.5, 0.6) is 0 Å². The number of alkyl halides is 1. The van der Waals surface area contributed by atoms with E-state index in [1.54, 1.807) is 0 Å². The molecule has 0 saturated carbocycles. The molecule has 1 aromatic heterocycles. The van der Waals surface area contributed by atoms with Gasteiger partial charge in [-0.15, -0.1) is 0 Å². The molecule has 16 heavy (non-hydrogen) atoms. The normalized spacial score (nSPS) is 10.1. The number of carbonyl (C=O) groups is 1. The molecule has 0 aliphatic heterocycles. The number of amides is 1. The number of furan rings is 1. The lowest BCUT2D eigenvalue weighted by molar-refractivity contribution is -0.402. The summed E-state index contributed by atoms with van der Waals surface area (Å²) >= 11 is 2.26. The van der Waals surface area contributed by atoms with E-state index in [1.165, 1.54) is 12.1 Å². The summed E-state index contributed by atoms with van der Waals surface area (Å²) < 4.78 is 5.79. The van der Waals surface area contributed by atoms with Gasteiger partial charge < -0.3 is 9.73 Å². The molecule has 0 aliphatic rings. The van der Waals surface area contributed by atoms with Gasteiger partial charge in [-0.05, 0) is 23.3 Å². The fourth-order valence-corrected chi connectivity index (χ4v) is 1.60. The average Bonchev–Trinajstić information content (AvgIpc) is 2.73. The molecule has 0 unspecified atom stereocenters. The van der Waals surface area contributed by atoms with E-state index in [0.717, 1.165) is 17.3 Å². The minimum Gasteiger partial charge on any atom is -0.395 e. The standard InChI is InChI=1S/C9H11IN2O4/c10-5-1-2-6-11-9(13)7-3-4-8(16-7)12(14)15/h3-4H,1-2,5-6H2,(H,11,13). The number of hydrogen-bond donors (Lipinski definition) is 1. The Morgan fingerprint density at radius 3 is 2.81 bits per heavy atom. The highest BCUT2D eigenvalue weighted by Gasteiger charge is 2.16. The first-order valence-electron chi connectivity index (χ1n) is 4.73. The maximum absolute atomic E-state index is 11.4. The highest BCUT2D eigenvalue weighted by molar-refractivity contribution is 14.1. The number of rotatable bonds is 6. The molecule has 1 aromatic rings. The third-order valence-corrected chi connectivity index (χ3v) is 2.60. The summed E-state index contributed by atoms with van der Waals surface area (Å²) in [6, 6.07) is 2.46. The van der Waals surface area contributed by atoms with Gasteiger partial charge in [0, 0.05) is 6.54 Å². The van der Waals surface area contributed by atoms with Crippen molar-refractivity contribution in [3.8, 4) is 0 Å². The molecule has 1 heterocycles. The molecule has 0 fully saturated rings. The van der Waals surface area contributed by atoms with Crippen LogP contribution in [0.4, 0.5) is 5.88 Å². The van der Waals surface area contributed by atoms with E-state index in [9.17, 15) is 14.9 Å². The van der Waals surface area contributed by atoms with Crippen molar-refractivity contribution in [3.05, 3.63) is 28.0 Å². The van der Waals surface area contributed by atoms with Gasteiger partial charge in [0.05, 0.1) is 6.07 Å². The second kappa shape index (κ2) is 6.46. The van der Waals surface area contributed by atoms with Crippen LogP contribution in [-0.2, 0) is 0 Å². The van der Waals surface area contributed by atoms with Crippen LogP contribution in [0.25, 0.3) is 0 Å². The van der Waals surface area contributed by atoms with E-state index in [4.69, 9.17) is 4.42 Å². The fourth-order valence-electron chi connectivity index (χ4n) is 1.06. The van der Waals surface area contributed by atoms with Gasteiger partial charge in [-0.25, -0.2) is 0 Å². The molecular weight excluding hydrogens is 327 g/mol. The number of nitro groups is 1. The molecule has 1 N–H and O–H groups in total. The number of unbranched alkanes of at least 4 members (excludes halogenated alkanes) is 1. The number of carbonyl (C=O) groups excluding carboxylic acids is 1.